The van der Waals surface area contributed by atoms with Crippen LogP contribution >= 0.6 is 0 Å². The van der Waals surface area contributed by atoms with E-state index in [1.54, 1.807) is 4.90 Å². The summed E-state index contributed by atoms with van der Waals surface area (Å²) in [5, 5.41) is 12.3. The summed E-state index contributed by atoms with van der Waals surface area (Å²) in [7, 11) is 0. The number of aliphatic carboxylic acids is 1. The number of piperidine rings is 1. The highest BCUT2D eigenvalue weighted by Crippen LogP contribution is 2.44. The van der Waals surface area contributed by atoms with Gasteiger partial charge in [-0.15, -0.1) is 0 Å². The Morgan fingerprint density at radius 3 is 2.26 bits per heavy atom. The van der Waals surface area contributed by atoms with E-state index >= 15 is 0 Å². The zero-order valence-electron chi connectivity index (χ0n) is 20.0. The van der Waals surface area contributed by atoms with Crippen molar-refractivity contribution in [3.63, 3.8) is 0 Å². The molecule has 2 N–H and O–H groups in total. The molecule has 0 spiro atoms. The minimum atomic E-state index is -0.791. The molecule has 2 aromatic rings. The average Bonchev–Trinajstić information content (AvgIpc) is 3.44. The van der Waals surface area contributed by atoms with E-state index in [9.17, 15) is 19.5 Å². The first-order valence-electron chi connectivity index (χ1n) is 12.6. The van der Waals surface area contributed by atoms with Crippen molar-refractivity contribution in [1.82, 2.24) is 10.2 Å². The molecule has 3 aliphatic rings. The number of rotatable bonds is 5. The Balaban J connectivity index is 1.19. The third kappa shape index (κ3) is 4.51. The number of carboxylic acids is 1. The molecule has 4 atom stereocenters. The Labute approximate surface area is 205 Å². The lowest BCUT2D eigenvalue weighted by Crippen LogP contribution is -2.50. The summed E-state index contributed by atoms with van der Waals surface area (Å²) < 4.78 is 5.69. The van der Waals surface area contributed by atoms with Gasteiger partial charge in [0.2, 0.25) is 5.91 Å². The number of carbonyl (C=O) groups excluding carboxylic acids is 2. The number of amides is 2. The SMILES string of the molecule is CC1CN(C(=O)C2CCCC2NC(=O)OCC2c3ccccc3-c3ccccc32)CCC1C(=O)O. The number of carbonyl (C=O) groups is 3. The monoisotopic (exact) mass is 476 g/mol. The number of likely N-dealkylation sites (tertiary alicyclic amines) is 1. The number of ether oxygens (including phenoxy) is 1. The molecule has 184 valence electrons. The van der Waals surface area contributed by atoms with Crippen molar-refractivity contribution >= 4 is 18.0 Å². The molecular formula is C28H32N2O5. The van der Waals surface area contributed by atoms with E-state index in [1.807, 2.05) is 31.2 Å². The molecule has 1 saturated carbocycles. The number of nitrogens with one attached hydrogen (secondary N) is 1. The van der Waals surface area contributed by atoms with Crippen molar-refractivity contribution in [3.8, 4) is 11.1 Å². The highest BCUT2D eigenvalue weighted by molar-refractivity contribution is 5.82. The minimum absolute atomic E-state index is 0.00817. The van der Waals surface area contributed by atoms with Crippen LogP contribution in [-0.2, 0) is 14.3 Å². The second-order valence-corrected chi connectivity index (χ2v) is 10.1. The first-order chi connectivity index (χ1) is 16.9. The van der Waals surface area contributed by atoms with Crippen LogP contribution in [0.3, 0.4) is 0 Å². The first-order valence-corrected chi connectivity index (χ1v) is 12.6. The maximum Gasteiger partial charge on any atom is 0.407 e. The van der Waals surface area contributed by atoms with Gasteiger partial charge in [-0.25, -0.2) is 4.79 Å². The molecule has 1 saturated heterocycles. The van der Waals surface area contributed by atoms with Crippen LogP contribution in [0.25, 0.3) is 11.1 Å². The fraction of sp³-hybridized carbons (Fsp3) is 0.464. The van der Waals surface area contributed by atoms with Gasteiger partial charge in [-0.05, 0) is 47.4 Å². The molecule has 2 aliphatic carbocycles. The van der Waals surface area contributed by atoms with Crippen molar-refractivity contribution in [1.29, 1.82) is 0 Å². The summed E-state index contributed by atoms with van der Waals surface area (Å²) in [4.78, 5) is 39.2. The Hall–Kier alpha value is -3.35. The zero-order chi connectivity index (χ0) is 24.5. The van der Waals surface area contributed by atoms with Gasteiger partial charge in [0.1, 0.15) is 6.61 Å². The van der Waals surface area contributed by atoms with Crippen molar-refractivity contribution in [3.05, 3.63) is 59.7 Å². The summed E-state index contributed by atoms with van der Waals surface area (Å²) in [6, 6.07) is 16.2. The number of hydrogen-bond acceptors (Lipinski definition) is 4. The van der Waals surface area contributed by atoms with Gasteiger partial charge < -0.3 is 20.1 Å². The molecule has 2 amide bonds. The standard InChI is InChI=1S/C28H32N2O5/c1-17-15-30(14-13-18(17)27(32)33)26(31)23-11-6-12-25(23)29-28(34)35-16-24-21-9-4-2-7-19(21)20-8-3-5-10-22(20)24/h2-5,7-10,17-18,23-25H,6,11-16H2,1H3,(H,29,34)(H,32,33). The second-order valence-electron chi connectivity index (χ2n) is 10.1. The smallest absolute Gasteiger partial charge is 0.407 e. The number of fused-ring (bicyclic) bond motifs is 3. The molecule has 2 fully saturated rings. The van der Waals surface area contributed by atoms with E-state index in [2.05, 4.69) is 29.6 Å². The molecule has 0 radical (unpaired) electrons. The second kappa shape index (κ2) is 9.72. The van der Waals surface area contributed by atoms with Gasteiger partial charge in [0.25, 0.3) is 0 Å². The molecule has 0 aromatic heterocycles. The first kappa shape index (κ1) is 23.4. The van der Waals surface area contributed by atoms with Gasteiger partial charge in [0, 0.05) is 25.0 Å². The lowest BCUT2D eigenvalue weighted by molar-refractivity contribution is -0.149. The number of hydrogen-bond donors (Lipinski definition) is 2. The van der Waals surface area contributed by atoms with E-state index in [0.717, 1.165) is 30.4 Å². The largest absolute Gasteiger partial charge is 0.481 e. The molecule has 1 heterocycles. The van der Waals surface area contributed by atoms with Gasteiger partial charge in [0.05, 0.1) is 11.8 Å². The normalized spacial score (nSPS) is 25.6. The van der Waals surface area contributed by atoms with Crippen LogP contribution < -0.4 is 5.32 Å². The number of benzene rings is 2. The molecule has 35 heavy (non-hydrogen) atoms. The Morgan fingerprint density at radius 1 is 0.971 bits per heavy atom. The summed E-state index contributed by atoms with van der Waals surface area (Å²) in [5.41, 5.74) is 4.68. The van der Waals surface area contributed by atoms with E-state index in [4.69, 9.17) is 4.74 Å². The highest BCUT2D eigenvalue weighted by Gasteiger charge is 2.40. The van der Waals surface area contributed by atoms with Crippen molar-refractivity contribution in [2.24, 2.45) is 17.8 Å². The molecule has 0 bridgehead atoms. The van der Waals surface area contributed by atoms with E-state index < -0.39 is 18.0 Å². The van der Waals surface area contributed by atoms with Gasteiger partial charge in [-0.1, -0.05) is 61.9 Å². The van der Waals surface area contributed by atoms with Gasteiger partial charge in [-0.2, -0.15) is 0 Å². The van der Waals surface area contributed by atoms with Crippen LogP contribution in [0.5, 0.6) is 0 Å². The van der Waals surface area contributed by atoms with Gasteiger partial charge >= 0.3 is 12.1 Å². The molecule has 1 aliphatic heterocycles. The Morgan fingerprint density at radius 2 is 1.63 bits per heavy atom. The van der Waals surface area contributed by atoms with Crippen LogP contribution in [0.2, 0.25) is 0 Å². The van der Waals surface area contributed by atoms with Crippen LogP contribution in [-0.4, -0.2) is 53.7 Å². The average molecular weight is 477 g/mol. The third-order valence-corrected chi connectivity index (χ3v) is 8.01. The lowest BCUT2D eigenvalue weighted by Gasteiger charge is -2.37. The third-order valence-electron chi connectivity index (χ3n) is 8.01. The molecular weight excluding hydrogens is 444 g/mol. The van der Waals surface area contributed by atoms with Crippen molar-refractivity contribution < 1.29 is 24.2 Å². The minimum Gasteiger partial charge on any atom is -0.481 e. The fourth-order valence-corrected chi connectivity index (χ4v) is 6.17. The summed E-state index contributed by atoms with van der Waals surface area (Å²) in [6.07, 6.45) is 2.31. The molecule has 2 aromatic carbocycles. The quantitative estimate of drug-likeness (QED) is 0.672. The Bertz CT molecular complexity index is 1090. The molecule has 7 nitrogen and oxygen atoms in total. The maximum absolute atomic E-state index is 13.2. The summed E-state index contributed by atoms with van der Waals surface area (Å²) in [6.45, 7) is 3.03. The predicted molar refractivity (Wildman–Crippen MR) is 131 cm³/mol. The van der Waals surface area contributed by atoms with Crippen LogP contribution in [0.15, 0.2) is 48.5 Å². The lowest BCUT2D eigenvalue weighted by atomic mass is 9.86. The molecule has 4 unspecified atom stereocenters. The number of nitrogens with zero attached hydrogens (tertiary/aromatic N) is 1. The molecule has 5 rings (SSSR count). The summed E-state index contributed by atoms with van der Waals surface area (Å²) >= 11 is 0. The summed E-state index contributed by atoms with van der Waals surface area (Å²) in [5.74, 6) is -1.56. The Kier molecular flexibility index (Phi) is 6.50. The van der Waals surface area contributed by atoms with Crippen molar-refractivity contribution in [2.75, 3.05) is 19.7 Å². The van der Waals surface area contributed by atoms with E-state index in [1.165, 1.54) is 11.1 Å². The van der Waals surface area contributed by atoms with Gasteiger partial charge in [0.15, 0.2) is 0 Å². The maximum atomic E-state index is 13.2. The molecule has 7 heteroatoms. The fourth-order valence-electron chi connectivity index (χ4n) is 6.17. The predicted octanol–water partition coefficient (Wildman–Crippen LogP) is 4.26. The van der Waals surface area contributed by atoms with E-state index in [0.29, 0.717) is 19.5 Å². The zero-order valence-corrected chi connectivity index (χ0v) is 20.0. The topological polar surface area (TPSA) is 95.9 Å². The number of carboxylic acid groups (broad SMARTS) is 1. The van der Waals surface area contributed by atoms with Crippen molar-refractivity contribution in [2.45, 2.75) is 44.6 Å². The number of alkyl carbamates (subject to hydrolysis) is 1. The van der Waals surface area contributed by atoms with Crippen LogP contribution in [0.4, 0.5) is 4.79 Å². The van der Waals surface area contributed by atoms with Crippen LogP contribution in [0.1, 0.15) is 49.7 Å². The van der Waals surface area contributed by atoms with Gasteiger partial charge in [-0.3, -0.25) is 9.59 Å². The highest BCUT2D eigenvalue weighted by atomic mass is 16.5. The van der Waals surface area contributed by atoms with E-state index in [-0.39, 0.29) is 36.3 Å². The van der Waals surface area contributed by atoms with Crippen LogP contribution in [0, 0.1) is 17.8 Å².